The lowest BCUT2D eigenvalue weighted by Crippen LogP contribution is -2.28. The number of hydrogen-bond donors (Lipinski definition) is 0. The molecule has 4 nitrogen and oxygen atoms in total. The van der Waals surface area contributed by atoms with Gasteiger partial charge in [0.2, 0.25) is 0 Å². The van der Waals surface area contributed by atoms with Crippen molar-refractivity contribution in [2.45, 2.75) is 0 Å². The summed E-state index contributed by atoms with van der Waals surface area (Å²) in [6, 6.07) is 0. The molecule has 0 atom stereocenters. The number of nitrogens with zero attached hydrogens (tertiary/aromatic N) is 4. The van der Waals surface area contributed by atoms with Crippen LogP contribution in [0, 0.1) is 0 Å². The summed E-state index contributed by atoms with van der Waals surface area (Å²) in [6.45, 7) is 1.77. The molecule has 0 aromatic heterocycles. The molecule has 0 fully saturated rings. The molecule has 60 valence electrons. The van der Waals surface area contributed by atoms with E-state index in [-0.39, 0.29) is 0 Å². The SMILES string of the molecule is CN=CC(=NC)N1C=NCC1. The first kappa shape index (κ1) is 7.91. The quantitative estimate of drug-likeness (QED) is 0.387. The lowest BCUT2D eigenvalue weighted by Gasteiger charge is -2.11. The Labute approximate surface area is 66.4 Å². The molecule has 0 unspecified atom stereocenters. The van der Waals surface area contributed by atoms with Gasteiger partial charge in [0.15, 0.2) is 0 Å². The van der Waals surface area contributed by atoms with Crippen molar-refractivity contribution in [1.29, 1.82) is 0 Å². The maximum Gasteiger partial charge on any atom is 0.146 e. The molecule has 4 heteroatoms. The summed E-state index contributed by atoms with van der Waals surface area (Å²) in [5.74, 6) is 0.869. The second-order valence-electron chi connectivity index (χ2n) is 2.18. The summed E-state index contributed by atoms with van der Waals surface area (Å²) in [7, 11) is 3.49. The maximum atomic E-state index is 4.07. The number of amidine groups is 1. The minimum absolute atomic E-state index is 0.858. The van der Waals surface area contributed by atoms with Crippen molar-refractivity contribution >= 4 is 18.4 Å². The zero-order chi connectivity index (χ0) is 8.10. The van der Waals surface area contributed by atoms with E-state index in [0.29, 0.717) is 0 Å². The molecule has 1 aliphatic heterocycles. The molecule has 1 heterocycles. The van der Waals surface area contributed by atoms with E-state index in [1.165, 1.54) is 0 Å². The van der Waals surface area contributed by atoms with Crippen molar-refractivity contribution < 1.29 is 0 Å². The average molecular weight is 152 g/mol. The van der Waals surface area contributed by atoms with E-state index >= 15 is 0 Å². The average Bonchev–Trinajstić information content (AvgIpc) is 2.52. The van der Waals surface area contributed by atoms with Gasteiger partial charge in [-0.2, -0.15) is 0 Å². The fourth-order valence-corrected chi connectivity index (χ4v) is 0.929. The van der Waals surface area contributed by atoms with E-state index in [1.54, 1.807) is 26.6 Å². The molecule has 0 radical (unpaired) electrons. The summed E-state index contributed by atoms with van der Waals surface area (Å²) in [4.78, 5) is 14.0. The Morgan fingerprint density at radius 1 is 1.64 bits per heavy atom. The van der Waals surface area contributed by atoms with Gasteiger partial charge >= 0.3 is 0 Å². The van der Waals surface area contributed by atoms with Crippen LogP contribution in [0.5, 0.6) is 0 Å². The second kappa shape index (κ2) is 3.85. The Morgan fingerprint density at radius 2 is 2.45 bits per heavy atom. The Hall–Kier alpha value is -1.19. The minimum Gasteiger partial charge on any atom is -0.315 e. The standard InChI is InChI=1S/C7H12N4/c1-8-5-7(9-2)11-4-3-10-6-11/h5-6H,3-4H2,1-2H3. The Morgan fingerprint density at radius 3 is 2.91 bits per heavy atom. The molecule has 1 rings (SSSR count). The van der Waals surface area contributed by atoms with Gasteiger partial charge in [-0.3, -0.25) is 15.0 Å². The van der Waals surface area contributed by atoms with Gasteiger partial charge in [0.1, 0.15) is 5.84 Å². The van der Waals surface area contributed by atoms with Crippen molar-refractivity contribution in [2.75, 3.05) is 27.2 Å². The lowest BCUT2D eigenvalue weighted by molar-refractivity contribution is 0.685. The number of rotatable bonds is 1. The van der Waals surface area contributed by atoms with Gasteiger partial charge in [-0.05, 0) is 0 Å². The van der Waals surface area contributed by atoms with Crippen LogP contribution < -0.4 is 0 Å². The van der Waals surface area contributed by atoms with Crippen LogP contribution in [-0.4, -0.2) is 50.5 Å². The molecule has 1 aliphatic rings. The second-order valence-corrected chi connectivity index (χ2v) is 2.18. The smallest absolute Gasteiger partial charge is 0.146 e. The summed E-state index contributed by atoms with van der Waals surface area (Å²) >= 11 is 0. The monoisotopic (exact) mass is 152 g/mol. The first-order chi connectivity index (χ1) is 5.38. The Balaban J connectivity index is 2.62. The fraction of sp³-hybridized carbons (Fsp3) is 0.571. The summed E-state index contributed by atoms with van der Waals surface area (Å²) in [5, 5.41) is 0. The molecule has 0 aromatic rings. The molecule has 0 saturated carbocycles. The lowest BCUT2D eigenvalue weighted by atomic mass is 10.5. The highest BCUT2D eigenvalue weighted by molar-refractivity contribution is 6.31. The van der Waals surface area contributed by atoms with Crippen LogP contribution in [0.4, 0.5) is 0 Å². The topological polar surface area (TPSA) is 40.3 Å². The van der Waals surface area contributed by atoms with Crippen molar-refractivity contribution in [3.05, 3.63) is 0 Å². The predicted molar refractivity (Wildman–Crippen MR) is 47.8 cm³/mol. The van der Waals surface area contributed by atoms with Gasteiger partial charge in [-0.1, -0.05) is 0 Å². The molecule has 0 amide bonds. The number of hydrogen-bond acceptors (Lipinski definition) is 3. The summed E-state index contributed by atoms with van der Waals surface area (Å²) in [5.41, 5.74) is 0. The van der Waals surface area contributed by atoms with Crippen LogP contribution in [0.1, 0.15) is 0 Å². The highest BCUT2D eigenvalue weighted by Gasteiger charge is 2.08. The molecule has 0 spiro atoms. The molecular formula is C7H12N4. The third kappa shape index (κ3) is 1.86. The third-order valence-electron chi connectivity index (χ3n) is 1.46. The van der Waals surface area contributed by atoms with Crippen LogP contribution in [-0.2, 0) is 0 Å². The predicted octanol–water partition coefficient (Wildman–Crippen LogP) is 0.0592. The van der Waals surface area contributed by atoms with Crippen molar-refractivity contribution in [1.82, 2.24) is 4.90 Å². The van der Waals surface area contributed by atoms with Gasteiger partial charge in [-0.15, -0.1) is 0 Å². The van der Waals surface area contributed by atoms with Crippen LogP contribution in [0.15, 0.2) is 15.0 Å². The molecule has 0 aliphatic carbocycles. The van der Waals surface area contributed by atoms with Crippen LogP contribution >= 0.6 is 0 Å². The van der Waals surface area contributed by atoms with Gasteiger partial charge in [0.25, 0.3) is 0 Å². The van der Waals surface area contributed by atoms with Crippen molar-refractivity contribution in [2.24, 2.45) is 15.0 Å². The van der Waals surface area contributed by atoms with Gasteiger partial charge in [-0.25, -0.2) is 0 Å². The fourth-order valence-electron chi connectivity index (χ4n) is 0.929. The van der Waals surface area contributed by atoms with Crippen molar-refractivity contribution in [3.63, 3.8) is 0 Å². The summed E-state index contributed by atoms with van der Waals surface area (Å²) < 4.78 is 0. The molecule has 0 aromatic carbocycles. The van der Waals surface area contributed by atoms with Gasteiger partial charge in [0, 0.05) is 20.6 Å². The largest absolute Gasteiger partial charge is 0.315 e. The van der Waals surface area contributed by atoms with Crippen LogP contribution in [0.2, 0.25) is 0 Å². The van der Waals surface area contributed by atoms with E-state index in [0.717, 1.165) is 18.9 Å². The number of aliphatic imine (C=N–C) groups is 3. The van der Waals surface area contributed by atoms with Gasteiger partial charge < -0.3 is 4.90 Å². The van der Waals surface area contributed by atoms with Crippen LogP contribution in [0.3, 0.4) is 0 Å². The maximum absolute atomic E-state index is 4.07. The van der Waals surface area contributed by atoms with E-state index in [1.807, 2.05) is 4.90 Å². The highest BCUT2D eigenvalue weighted by Crippen LogP contribution is 1.93. The first-order valence-corrected chi connectivity index (χ1v) is 3.54. The zero-order valence-corrected chi connectivity index (χ0v) is 6.86. The van der Waals surface area contributed by atoms with E-state index in [9.17, 15) is 0 Å². The Bertz CT molecular complexity index is 204. The minimum atomic E-state index is 0.858. The summed E-state index contributed by atoms with van der Waals surface area (Å²) in [6.07, 6.45) is 3.53. The molecule has 0 N–H and O–H groups in total. The van der Waals surface area contributed by atoms with Crippen molar-refractivity contribution in [3.8, 4) is 0 Å². The molecule has 0 bridgehead atoms. The molecule has 0 saturated heterocycles. The third-order valence-corrected chi connectivity index (χ3v) is 1.46. The van der Waals surface area contributed by atoms with E-state index < -0.39 is 0 Å². The van der Waals surface area contributed by atoms with Gasteiger partial charge in [0.05, 0.1) is 19.1 Å². The zero-order valence-electron chi connectivity index (χ0n) is 6.86. The molecular weight excluding hydrogens is 140 g/mol. The highest BCUT2D eigenvalue weighted by atomic mass is 15.2. The van der Waals surface area contributed by atoms with E-state index in [2.05, 4.69) is 15.0 Å². The normalized spacial score (nSPS) is 18.7. The van der Waals surface area contributed by atoms with Crippen LogP contribution in [0.25, 0.3) is 0 Å². The Kier molecular flexibility index (Phi) is 2.77. The van der Waals surface area contributed by atoms with E-state index in [4.69, 9.17) is 0 Å². The molecule has 11 heavy (non-hydrogen) atoms. The first-order valence-electron chi connectivity index (χ1n) is 3.54.